The van der Waals surface area contributed by atoms with Gasteiger partial charge in [-0.3, -0.25) is 0 Å². The fourth-order valence-electron chi connectivity index (χ4n) is 1.69. The van der Waals surface area contributed by atoms with Crippen molar-refractivity contribution in [2.24, 2.45) is 0 Å². The van der Waals surface area contributed by atoms with Crippen LogP contribution in [-0.2, 0) is 0 Å². The molecule has 0 bridgehead atoms. The van der Waals surface area contributed by atoms with Crippen molar-refractivity contribution in [2.75, 3.05) is 0 Å². The minimum atomic E-state index is -0.222. The summed E-state index contributed by atoms with van der Waals surface area (Å²) in [6.07, 6.45) is 8.65. The van der Waals surface area contributed by atoms with E-state index in [1.807, 2.05) is 0 Å². The van der Waals surface area contributed by atoms with Crippen LogP contribution in [-0.4, -0.2) is 21.1 Å². The van der Waals surface area contributed by atoms with Crippen molar-refractivity contribution in [3.8, 4) is 0 Å². The van der Waals surface area contributed by atoms with Gasteiger partial charge in [-0.2, -0.15) is 0 Å². The average molecular weight is 471 g/mol. The molecule has 98 valence electrons. The molecule has 1 aromatic carbocycles. The molecule has 2 radical (unpaired) electrons. The van der Waals surface area contributed by atoms with Gasteiger partial charge in [0, 0.05) is 0 Å². The quantitative estimate of drug-likeness (QED) is 0.372. The summed E-state index contributed by atoms with van der Waals surface area (Å²) in [4.78, 5) is 0. The SMILES string of the molecule is Br.Br.CCCCCCC[CH2][Sn][c]1ccccc1. The predicted octanol–water partition coefficient (Wildman–Crippen LogP) is 4.95. The van der Waals surface area contributed by atoms with Crippen LogP contribution in [0.15, 0.2) is 30.3 Å². The van der Waals surface area contributed by atoms with E-state index in [1.165, 1.54) is 43.0 Å². The van der Waals surface area contributed by atoms with E-state index in [4.69, 9.17) is 0 Å². The van der Waals surface area contributed by atoms with E-state index in [1.54, 1.807) is 3.58 Å². The molecular weight excluding hydrogens is 447 g/mol. The summed E-state index contributed by atoms with van der Waals surface area (Å²) in [5.41, 5.74) is 0. The van der Waals surface area contributed by atoms with Gasteiger partial charge in [-0.05, 0) is 0 Å². The van der Waals surface area contributed by atoms with Crippen LogP contribution in [0.3, 0.4) is 0 Å². The number of benzene rings is 1. The Morgan fingerprint density at radius 1 is 0.824 bits per heavy atom. The molecule has 0 fully saturated rings. The first-order valence-electron chi connectivity index (χ1n) is 6.22. The van der Waals surface area contributed by atoms with Crippen LogP contribution in [0.25, 0.3) is 0 Å². The maximum absolute atomic E-state index is 2.31. The van der Waals surface area contributed by atoms with Crippen LogP contribution < -0.4 is 3.58 Å². The number of hydrogen-bond acceptors (Lipinski definition) is 0. The number of rotatable bonds is 8. The van der Waals surface area contributed by atoms with E-state index in [0.717, 1.165) is 0 Å². The zero-order chi connectivity index (χ0) is 10.8. The van der Waals surface area contributed by atoms with E-state index in [-0.39, 0.29) is 55.1 Å². The van der Waals surface area contributed by atoms with E-state index < -0.39 is 0 Å². The van der Waals surface area contributed by atoms with Crippen molar-refractivity contribution in [3.05, 3.63) is 30.3 Å². The third-order valence-electron chi connectivity index (χ3n) is 2.63. The molecule has 0 saturated heterocycles. The number of hydrogen-bond donors (Lipinski definition) is 0. The summed E-state index contributed by atoms with van der Waals surface area (Å²) in [6, 6.07) is 11.1. The summed E-state index contributed by atoms with van der Waals surface area (Å²) in [5, 5.41) is 0. The van der Waals surface area contributed by atoms with Crippen LogP contribution in [0.1, 0.15) is 45.4 Å². The molecule has 0 atom stereocenters. The Hall–Kier alpha value is 0.979. The Balaban J connectivity index is 0. The van der Waals surface area contributed by atoms with Crippen molar-refractivity contribution in [2.45, 2.75) is 49.9 Å². The van der Waals surface area contributed by atoms with Gasteiger partial charge < -0.3 is 0 Å². The van der Waals surface area contributed by atoms with Gasteiger partial charge in [0.2, 0.25) is 0 Å². The van der Waals surface area contributed by atoms with E-state index >= 15 is 0 Å². The summed E-state index contributed by atoms with van der Waals surface area (Å²) < 4.78 is 3.19. The molecule has 0 aliphatic heterocycles. The zero-order valence-corrected chi connectivity index (χ0v) is 16.9. The van der Waals surface area contributed by atoms with Gasteiger partial charge in [0.25, 0.3) is 0 Å². The fraction of sp³-hybridized carbons (Fsp3) is 0.571. The zero-order valence-electron chi connectivity index (χ0n) is 10.7. The van der Waals surface area contributed by atoms with E-state index in [9.17, 15) is 0 Å². The van der Waals surface area contributed by atoms with Gasteiger partial charge in [0.05, 0.1) is 0 Å². The topological polar surface area (TPSA) is 0 Å². The van der Waals surface area contributed by atoms with Crippen LogP contribution in [0, 0.1) is 0 Å². The molecule has 0 saturated carbocycles. The summed E-state index contributed by atoms with van der Waals surface area (Å²) in [6.45, 7) is 2.28. The first kappa shape index (κ1) is 20.3. The monoisotopic (exact) mass is 470 g/mol. The molecule has 3 heteroatoms. The van der Waals surface area contributed by atoms with Gasteiger partial charge >= 0.3 is 105 Å². The van der Waals surface area contributed by atoms with E-state index in [0.29, 0.717) is 0 Å². The molecule has 0 N–H and O–H groups in total. The molecule has 0 aliphatic rings. The molecule has 0 unspecified atom stereocenters. The van der Waals surface area contributed by atoms with Crippen LogP contribution in [0.2, 0.25) is 4.44 Å². The first-order chi connectivity index (χ1) is 7.43. The summed E-state index contributed by atoms with van der Waals surface area (Å²) in [5.74, 6) is 0. The predicted molar refractivity (Wildman–Crippen MR) is 90.7 cm³/mol. The third kappa shape index (κ3) is 11.8. The molecule has 0 aliphatic carbocycles. The first-order valence-corrected chi connectivity index (χ1v) is 9.67. The molecule has 0 nitrogen and oxygen atoms in total. The van der Waals surface area contributed by atoms with Crippen molar-refractivity contribution in [3.63, 3.8) is 0 Å². The molecule has 0 heterocycles. The van der Waals surface area contributed by atoms with Gasteiger partial charge in [0.1, 0.15) is 0 Å². The second kappa shape index (κ2) is 15.0. The molecule has 0 amide bonds. The molecule has 0 spiro atoms. The van der Waals surface area contributed by atoms with Gasteiger partial charge in [0.15, 0.2) is 0 Å². The average Bonchev–Trinajstić information content (AvgIpc) is 2.29. The molecule has 0 aromatic heterocycles. The van der Waals surface area contributed by atoms with Crippen molar-refractivity contribution in [1.82, 2.24) is 0 Å². The van der Waals surface area contributed by atoms with Crippen LogP contribution in [0.4, 0.5) is 0 Å². The number of halogens is 2. The van der Waals surface area contributed by atoms with Gasteiger partial charge in [-0.25, -0.2) is 0 Å². The fourth-order valence-corrected chi connectivity index (χ4v) is 4.96. The molecular formula is C14H24Br2Sn. The van der Waals surface area contributed by atoms with Crippen molar-refractivity contribution >= 4 is 58.7 Å². The van der Waals surface area contributed by atoms with Gasteiger partial charge in [-0.15, -0.1) is 34.0 Å². The van der Waals surface area contributed by atoms with Crippen molar-refractivity contribution < 1.29 is 0 Å². The van der Waals surface area contributed by atoms with Gasteiger partial charge in [-0.1, -0.05) is 0 Å². The van der Waals surface area contributed by atoms with Crippen molar-refractivity contribution in [1.29, 1.82) is 0 Å². The maximum atomic E-state index is 2.31. The second-order valence-electron chi connectivity index (χ2n) is 4.06. The normalized spacial score (nSPS) is 9.24. The Bertz CT molecular complexity index is 239. The standard InChI is InChI=1S/C8H17.C6H5.2BrH.Sn/c1-3-5-7-8-6-4-2;1-2-4-6-5-3-1;;;/h1,3-8H2,2H3;1-5H;2*1H;. The summed E-state index contributed by atoms with van der Waals surface area (Å²) >= 11 is -0.222. The Labute approximate surface area is 138 Å². The molecule has 1 rings (SSSR count). The van der Waals surface area contributed by atoms with Crippen LogP contribution in [0.5, 0.6) is 0 Å². The third-order valence-corrected chi connectivity index (χ3v) is 6.47. The summed E-state index contributed by atoms with van der Waals surface area (Å²) in [7, 11) is 0. The minimum absolute atomic E-state index is 0. The molecule has 17 heavy (non-hydrogen) atoms. The van der Waals surface area contributed by atoms with Crippen LogP contribution >= 0.6 is 34.0 Å². The Kier molecular flexibility index (Phi) is 18.0. The Morgan fingerprint density at radius 3 is 2.06 bits per heavy atom. The second-order valence-corrected chi connectivity index (χ2v) is 8.14. The Morgan fingerprint density at radius 2 is 1.41 bits per heavy atom. The van der Waals surface area contributed by atoms with E-state index in [2.05, 4.69) is 37.3 Å². The molecule has 1 aromatic rings. The number of unbranched alkanes of at least 4 members (excludes halogenated alkanes) is 5.